The van der Waals surface area contributed by atoms with E-state index in [1.54, 1.807) is 41.5 Å². The van der Waals surface area contributed by atoms with Crippen LogP contribution in [0.1, 0.15) is 25.5 Å². The normalized spacial score (nSPS) is 28.6. The topological polar surface area (TPSA) is 96.2 Å². The number of thiocarbonyl (C=S) groups is 1. The maximum absolute atomic E-state index is 13.7. The Morgan fingerprint density at radius 2 is 1.71 bits per heavy atom. The number of likely N-dealkylation sites (N-methyl/N-ethyl adjacent to an activating group) is 1. The van der Waals surface area contributed by atoms with Crippen molar-refractivity contribution in [2.75, 3.05) is 11.9 Å². The number of rotatable bonds is 4. The summed E-state index contributed by atoms with van der Waals surface area (Å²) in [6.45, 7) is 4.04. The van der Waals surface area contributed by atoms with Crippen LogP contribution < -0.4 is 4.90 Å². The first-order valence-corrected chi connectivity index (χ1v) is 12.0. The third-order valence-electron chi connectivity index (χ3n) is 6.79. The third-order valence-corrected chi connectivity index (χ3v) is 8.84. The molecular weight excluding hydrogens is 476 g/mol. The molecule has 4 atom stereocenters. The molecule has 0 N–H and O–H groups in total. The predicted molar refractivity (Wildman–Crippen MR) is 131 cm³/mol. The predicted octanol–water partition coefficient (Wildman–Crippen LogP) is 3.51. The summed E-state index contributed by atoms with van der Waals surface area (Å²) < 4.78 is 0.682. The van der Waals surface area contributed by atoms with E-state index in [1.165, 1.54) is 28.8 Å². The number of para-hydroxylation sites is 1. The van der Waals surface area contributed by atoms with Gasteiger partial charge in [-0.25, -0.2) is 4.90 Å². The number of imide groups is 1. The number of nitro groups is 1. The molecule has 0 aliphatic carbocycles. The van der Waals surface area contributed by atoms with Gasteiger partial charge in [-0.05, 0) is 31.5 Å². The first-order valence-electron chi connectivity index (χ1n) is 10.7. The largest absolute Gasteiger partial charge is 0.353 e. The highest BCUT2D eigenvalue weighted by Gasteiger charge is 2.63. The molecule has 3 aliphatic heterocycles. The van der Waals surface area contributed by atoms with E-state index in [0.717, 1.165) is 0 Å². The number of anilines is 1. The van der Waals surface area contributed by atoms with E-state index in [0.29, 0.717) is 15.6 Å². The van der Waals surface area contributed by atoms with Gasteiger partial charge in [0.05, 0.1) is 28.1 Å². The molecule has 2 aromatic rings. The van der Waals surface area contributed by atoms with Crippen LogP contribution >= 0.6 is 24.0 Å². The van der Waals surface area contributed by atoms with Gasteiger partial charge in [0, 0.05) is 19.2 Å². The zero-order valence-corrected chi connectivity index (χ0v) is 20.3. The van der Waals surface area contributed by atoms with Crippen molar-refractivity contribution in [1.29, 1.82) is 0 Å². The minimum atomic E-state index is -0.997. The fourth-order valence-corrected chi connectivity index (χ4v) is 6.52. The van der Waals surface area contributed by atoms with E-state index in [9.17, 15) is 19.7 Å². The molecule has 2 aromatic carbocycles. The number of fused-ring (bicyclic) bond motifs is 1. The summed E-state index contributed by atoms with van der Waals surface area (Å²) in [7, 11) is 1.90. The lowest BCUT2D eigenvalue weighted by atomic mass is 9.90. The summed E-state index contributed by atoms with van der Waals surface area (Å²) >= 11 is 6.96. The van der Waals surface area contributed by atoms with E-state index < -0.39 is 34.4 Å². The van der Waals surface area contributed by atoms with Crippen molar-refractivity contribution in [3.8, 4) is 0 Å². The van der Waals surface area contributed by atoms with Gasteiger partial charge in [0.15, 0.2) is 6.10 Å². The number of carbonyl (C=O) groups excluding carboxylic acids is 2. The average Bonchev–Trinajstić information content (AvgIpc) is 3.39. The molecule has 0 spiro atoms. The summed E-state index contributed by atoms with van der Waals surface area (Å²) in [6, 6.07) is 14.2. The number of thioether (sulfide) groups is 1. The first-order chi connectivity index (χ1) is 16.1. The molecule has 0 radical (unpaired) electrons. The number of amides is 2. The Hall–Kier alpha value is -2.86. The SMILES string of the molecule is CN1C(=S)S[C@H](N2O[C@@H]3C(=O)N(c4ccccc4)C(=O)[C@@H]3[C@@H]2c2ccc([N+](=O)[O-])cc2)C1(C)C. The molecule has 0 bridgehead atoms. The highest BCUT2D eigenvalue weighted by molar-refractivity contribution is 8.23. The van der Waals surface area contributed by atoms with Gasteiger partial charge in [0.2, 0.25) is 5.91 Å². The number of nitro benzene ring substituents is 1. The second-order valence-corrected chi connectivity index (χ2v) is 10.7. The van der Waals surface area contributed by atoms with Crippen molar-refractivity contribution in [3.05, 3.63) is 70.3 Å². The molecule has 0 saturated carbocycles. The van der Waals surface area contributed by atoms with Crippen LogP contribution in [0.15, 0.2) is 54.6 Å². The number of hydrogen-bond donors (Lipinski definition) is 0. The van der Waals surface area contributed by atoms with Crippen LogP contribution in [0.25, 0.3) is 0 Å². The fourth-order valence-electron chi connectivity index (χ4n) is 4.70. The van der Waals surface area contributed by atoms with Crippen molar-refractivity contribution >= 4 is 51.5 Å². The Kier molecular flexibility index (Phi) is 5.47. The Labute approximate surface area is 205 Å². The van der Waals surface area contributed by atoms with Crippen LogP contribution in [0.3, 0.4) is 0 Å². The zero-order valence-electron chi connectivity index (χ0n) is 18.7. The molecule has 11 heteroatoms. The van der Waals surface area contributed by atoms with Crippen molar-refractivity contribution in [2.45, 2.75) is 36.9 Å². The van der Waals surface area contributed by atoms with Crippen LogP contribution in [-0.4, -0.2) is 55.1 Å². The average molecular weight is 499 g/mol. The Balaban J connectivity index is 1.58. The molecule has 5 rings (SSSR count). The number of hydroxylamine groups is 2. The molecule has 34 heavy (non-hydrogen) atoms. The Morgan fingerprint density at radius 3 is 2.26 bits per heavy atom. The summed E-state index contributed by atoms with van der Waals surface area (Å²) in [5.41, 5.74) is 0.638. The van der Waals surface area contributed by atoms with Gasteiger partial charge in [-0.2, -0.15) is 5.06 Å². The minimum Gasteiger partial charge on any atom is -0.353 e. The maximum atomic E-state index is 13.7. The van der Waals surface area contributed by atoms with Gasteiger partial charge in [-0.1, -0.05) is 54.3 Å². The van der Waals surface area contributed by atoms with Crippen molar-refractivity contribution in [2.24, 2.45) is 5.92 Å². The maximum Gasteiger partial charge on any atom is 0.269 e. The second kappa shape index (κ2) is 8.12. The Morgan fingerprint density at radius 1 is 1.06 bits per heavy atom. The van der Waals surface area contributed by atoms with E-state index in [4.69, 9.17) is 17.1 Å². The smallest absolute Gasteiger partial charge is 0.269 e. The van der Waals surface area contributed by atoms with Crippen molar-refractivity contribution < 1.29 is 19.3 Å². The fraction of sp³-hybridized carbons (Fsp3) is 0.348. The minimum absolute atomic E-state index is 0.0537. The highest BCUT2D eigenvalue weighted by Crippen LogP contribution is 2.52. The van der Waals surface area contributed by atoms with Crippen molar-refractivity contribution in [3.63, 3.8) is 0 Å². The van der Waals surface area contributed by atoms with Gasteiger partial charge in [-0.3, -0.25) is 24.5 Å². The van der Waals surface area contributed by atoms with Crippen LogP contribution in [0, 0.1) is 16.0 Å². The molecule has 9 nitrogen and oxygen atoms in total. The molecular formula is C23H22N4O5S2. The van der Waals surface area contributed by atoms with Crippen LogP contribution in [0.4, 0.5) is 11.4 Å². The molecule has 0 unspecified atom stereocenters. The number of carbonyl (C=O) groups is 2. The molecule has 3 aliphatic rings. The van der Waals surface area contributed by atoms with E-state index >= 15 is 0 Å². The van der Waals surface area contributed by atoms with E-state index in [2.05, 4.69) is 0 Å². The number of hydrogen-bond acceptors (Lipinski definition) is 8. The molecule has 3 saturated heterocycles. The summed E-state index contributed by atoms with van der Waals surface area (Å²) in [6.07, 6.45) is -0.997. The molecule has 176 valence electrons. The number of non-ortho nitro benzene ring substituents is 1. The zero-order chi connectivity index (χ0) is 24.4. The summed E-state index contributed by atoms with van der Waals surface area (Å²) in [5, 5.41) is 12.6. The van der Waals surface area contributed by atoms with Crippen LogP contribution in [-0.2, 0) is 14.4 Å². The lowest BCUT2D eigenvalue weighted by Gasteiger charge is -2.39. The quantitative estimate of drug-likeness (QED) is 0.272. The molecule has 3 heterocycles. The van der Waals surface area contributed by atoms with Gasteiger partial charge < -0.3 is 4.90 Å². The van der Waals surface area contributed by atoms with Gasteiger partial charge in [-0.15, -0.1) is 0 Å². The summed E-state index contributed by atoms with van der Waals surface area (Å²) in [5.74, 6) is -1.58. The van der Waals surface area contributed by atoms with Gasteiger partial charge in [0.25, 0.3) is 11.6 Å². The standard InChI is InChI=1S/C23H22N4O5S2/c1-23(2)21(34-22(33)24(23)3)26-17(13-9-11-15(12-10-13)27(30)31)16-18(32-26)20(29)25(19(16)28)14-7-5-4-6-8-14/h4-12,16-18,21H,1-3H3/t16-,17+,18+,21+/m1/s1. The molecule has 0 aromatic heterocycles. The van der Waals surface area contributed by atoms with E-state index in [1.807, 2.05) is 31.9 Å². The lowest BCUT2D eigenvalue weighted by Crippen LogP contribution is -2.51. The Bertz CT molecular complexity index is 1190. The first kappa shape index (κ1) is 22.9. The highest BCUT2D eigenvalue weighted by atomic mass is 32.2. The number of nitrogens with zero attached hydrogens (tertiary/aromatic N) is 4. The summed E-state index contributed by atoms with van der Waals surface area (Å²) in [4.78, 5) is 47.2. The van der Waals surface area contributed by atoms with Crippen LogP contribution in [0.5, 0.6) is 0 Å². The lowest BCUT2D eigenvalue weighted by molar-refractivity contribution is -0.384. The molecule has 2 amide bonds. The van der Waals surface area contributed by atoms with Gasteiger partial charge in [0.1, 0.15) is 9.69 Å². The number of benzene rings is 2. The second-order valence-electron chi connectivity index (χ2n) is 9.00. The third kappa shape index (κ3) is 3.34. The van der Waals surface area contributed by atoms with E-state index in [-0.39, 0.29) is 17.0 Å². The monoisotopic (exact) mass is 498 g/mol. The van der Waals surface area contributed by atoms with Crippen molar-refractivity contribution in [1.82, 2.24) is 9.96 Å². The molecule has 3 fully saturated rings. The van der Waals surface area contributed by atoms with Gasteiger partial charge >= 0.3 is 0 Å². The van der Waals surface area contributed by atoms with Crippen LogP contribution in [0.2, 0.25) is 0 Å².